The van der Waals surface area contributed by atoms with Crippen molar-refractivity contribution in [2.45, 2.75) is 59.5 Å². The minimum absolute atomic E-state index is 0.114. The van der Waals surface area contributed by atoms with Gasteiger partial charge >= 0.3 is 0 Å². The first-order valence-corrected chi connectivity index (χ1v) is 9.21. The van der Waals surface area contributed by atoms with E-state index < -0.39 is 0 Å². The molecule has 2 rings (SSSR count). The van der Waals surface area contributed by atoms with Gasteiger partial charge in [-0.05, 0) is 71.2 Å². The molecule has 1 aromatic carbocycles. The van der Waals surface area contributed by atoms with Crippen LogP contribution in [0.15, 0.2) is 12.1 Å². The number of hydrogen-bond acceptors (Lipinski definition) is 3. The zero-order valence-corrected chi connectivity index (χ0v) is 15.7. The second kappa shape index (κ2) is 9.19. The number of hydrogen-bond donors (Lipinski definition) is 1. The zero-order valence-electron chi connectivity index (χ0n) is 15.7. The Balaban J connectivity index is 1.76. The van der Waals surface area contributed by atoms with Crippen molar-refractivity contribution in [1.29, 1.82) is 0 Å². The number of carbonyl (C=O) groups is 1. The highest BCUT2D eigenvalue weighted by atomic mass is 16.5. The molecule has 1 aromatic rings. The van der Waals surface area contributed by atoms with Crippen molar-refractivity contribution in [2.75, 3.05) is 31.6 Å². The molecule has 24 heavy (non-hydrogen) atoms. The molecular formula is C20H32N2O2. The van der Waals surface area contributed by atoms with Crippen molar-refractivity contribution < 1.29 is 9.53 Å². The Kier molecular flexibility index (Phi) is 7.25. The van der Waals surface area contributed by atoms with E-state index in [1.807, 2.05) is 0 Å². The summed E-state index contributed by atoms with van der Waals surface area (Å²) >= 11 is 0. The lowest BCUT2D eigenvalue weighted by molar-refractivity contribution is -0.116. The molecule has 0 saturated carbocycles. The van der Waals surface area contributed by atoms with Crippen molar-refractivity contribution in [3.63, 3.8) is 0 Å². The van der Waals surface area contributed by atoms with E-state index in [9.17, 15) is 4.79 Å². The third kappa shape index (κ3) is 5.60. The van der Waals surface area contributed by atoms with Gasteiger partial charge in [-0.25, -0.2) is 0 Å². The predicted molar refractivity (Wildman–Crippen MR) is 99.6 cm³/mol. The summed E-state index contributed by atoms with van der Waals surface area (Å²) in [6.07, 6.45) is 4.20. The summed E-state index contributed by atoms with van der Waals surface area (Å²) in [5.74, 6) is 0.114. The zero-order chi connectivity index (χ0) is 17.5. The van der Waals surface area contributed by atoms with Crippen LogP contribution in [0.5, 0.6) is 0 Å². The van der Waals surface area contributed by atoms with Crippen molar-refractivity contribution >= 4 is 11.6 Å². The van der Waals surface area contributed by atoms with Gasteiger partial charge in [0.05, 0.1) is 6.10 Å². The van der Waals surface area contributed by atoms with Crippen molar-refractivity contribution in [2.24, 2.45) is 0 Å². The maximum atomic E-state index is 12.3. The Morgan fingerprint density at radius 3 is 2.67 bits per heavy atom. The number of aryl methyl sites for hydroxylation is 3. The van der Waals surface area contributed by atoms with Crippen LogP contribution >= 0.6 is 0 Å². The highest BCUT2D eigenvalue weighted by molar-refractivity contribution is 5.92. The van der Waals surface area contributed by atoms with Gasteiger partial charge in [-0.2, -0.15) is 0 Å². The molecule has 1 N–H and O–H groups in total. The third-order valence-corrected chi connectivity index (χ3v) is 4.68. The lowest BCUT2D eigenvalue weighted by atomic mass is 10.0. The fourth-order valence-electron chi connectivity index (χ4n) is 3.63. The monoisotopic (exact) mass is 332 g/mol. The number of nitrogens with one attached hydrogen (secondary N) is 1. The fourth-order valence-corrected chi connectivity index (χ4v) is 3.63. The molecule has 4 nitrogen and oxygen atoms in total. The molecule has 1 aliphatic heterocycles. The van der Waals surface area contributed by atoms with E-state index in [1.165, 1.54) is 12.0 Å². The molecule has 0 bridgehead atoms. The first-order chi connectivity index (χ1) is 11.5. The van der Waals surface area contributed by atoms with Gasteiger partial charge < -0.3 is 15.0 Å². The lowest BCUT2D eigenvalue weighted by Gasteiger charge is -2.32. The van der Waals surface area contributed by atoms with Crippen LogP contribution in [0, 0.1) is 20.8 Å². The minimum Gasteiger partial charge on any atom is -0.377 e. The standard InChI is InChI=1S/C20H32N2O2/c1-5-24-18-8-6-10-22(14-18)11-7-9-19(23)21-20-16(3)12-15(2)13-17(20)4/h12-13,18H,5-11,14H2,1-4H3,(H,21,23)/t18-/m1/s1. The summed E-state index contributed by atoms with van der Waals surface area (Å²) in [4.78, 5) is 14.7. The second-order valence-electron chi connectivity index (χ2n) is 6.95. The first kappa shape index (κ1) is 18.9. The number of amides is 1. The maximum absolute atomic E-state index is 12.3. The van der Waals surface area contributed by atoms with Crippen LogP contribution in [-0.4, -0.2) is 43.2 Å². The van der Waals surface area contributed by atoms with Gasteiger partial charge in [0.25, 0.3) is 0 Å². The smallest absolute Gasteiger partial charge is 0.224 e. The van der Waals surface area contributed by atoms with Crippen molar-refractivity contribution in [3.8, 4) is 0 Å². The molecule has 1 fully saturated rings. The molecule has 4 heteroatoms. The van der Waals surface area contributed by atoms with Gasteiger partial charge in [0.1, 0.15) is 0 Å². The first-order valence-electron chi connectivity index (χ1n) is 9.21. The largest absolute Gasteiger partial charge is 0.377 e. The van der Waals surface area contributed by atoms with Gasteiger partial charge in [0.2, 0.25) is 5.91 Å². The molecule has 0 spiro atoms. The van der Waals surface area contributed by atoms with E-state index in [0.717, 1.165) is 55.9 Å². The van der Waals surface area contributed by atoms with Crippen LogP contribution in [0.2, 0.25) is 0 Å². The summed E-state index contributed by atoms with van der Waals surface area (Å²) in [5.41, 5.74) is 4.48. The lowest BCUT2D eigenvalue weighted by Crippen LogP contribution is -2.40. The number of ether oxygens (including phenoxy) is 1. The van der Waals surface area contributed by atoms with E-state index in [4.69, 9.17) is 4.74 Å². The highest BCUT2D eigenvalue weighted by Gasteiger charge is 2.19. The average molecular weight is 332 g/mol. The molecule has 0 radical (unpaired) electrons. The normalized spacial score (nSPS) is 18.6. The summed E-state index contributed by atoms with van der Waals surface area (Å²) in [7, 11) is 0. The Labute approximate surface area is 146 Å². The molecule has 1 amide bonds. The maximum Gasteiger partial charge on any atom is 0.224 e. The van der Waals surface area contributed by atoms with Crippen LogP contribution < -0.4 is 5.32 Å². The number of anilines is 1. The van der Waals surface area contributed by atoms with Crippen LogP contribution in [0.4, 0.5) is 5.69 Å². The second-order valence-corrected chi connectivity index (χ2v) is 6.95. The van der Waals surface area contributed by atoms with E-state index >= 15 is 0 Å². The van der Waals surface area contributed by atoms with Gasteiger partial charge in [0, 0.05) is 25.3 Å². The van der Waals surface area contributed by atoms with E-state index in [1.54, 1.807) is 0 Å². The van der Waals surface area contributed by atoms with E-state index in [2.05, 4.69) is 50.0 Å². The molecular weight excluding hydrogens is 300 g/mol. The third-order valence-electron chi connectivity index (χ3n) is 4.68. The number of benzene rings is 1. The molecule has 0 aliphatic carbocycles. The Hall–Kier alpha value is -1.39. The number of likely N-dealkylation sites (tertiary alicyclic amines) is 1. The van der Waals surface area contributed by atoms with Gasteiger partial charge in [-0.3, -0.25) is 4.79 Å². The summed E-state index contributed by atoms with van der Waals surface area (Å²) < 4.78 is 5.73. The topological polar surface area (TPSA) is 41.6 Å². The van der Waals surface area contributed by atoms with Gasteiger partial charge in [-0.1, -0.05) is 17.7 Å². The number of nitrogens with zero attached hydrogens (tertiary/aromatic N) is 1. The molecule has 1 heterocycles. The van der Waals surface area contributed by atoms with Crippen LogP contribution in [-0.2, 0) is 9.53 Å². The number of carbonyl (C=O) groups excluding carboxylic acids is 1. The highest BCUT2D eigenvalue weighted by Crippen LogP contribution is 2.22. The number of piperidine rings is 1. The van der Waals surface area contributed by atoms with Crippen molar-refractivity contribution in [3.05, 3.63) is 28.8 Å². The molecule has 134 valence electrons. The van der Waals surface area contributed by atoms with Crippen LogP contribution in [0.1, 0.15) is 49.3 Å². The molecule has 1 aliphatic rings. The molecule has 1 atom stereocenters. The predicted octanol–water partition coefficient (Wildman–Crippen LogP) is 3.83. The SMILES string of the molecule is CCO[C@@H]1CCCN(CCCC(=O)Nc2c(C)cc(C)cc2C)C1. The number of rotatable bonds is 7. The summed E-state index contributed by atoms with van der Waals surface area (Å²) in [6.45, 7) is 12.1. The minimum atomic E-state index is 0.114. The quantitative estimate of drug-likeness (QED) is 0.825. The van der Waals surface area contributed by atoms with E-state index in [0.29, 0.717) is 12.5 Å². The average Bonchev–Trinajstić information content (AvgIpc) is 2.51. The van der Waals surface area contributed by atoms with Gasteiger partial charge in [0.15, 0.2) is 0 Å². The molecule has 1 saturated heterocycles. The van der Waals surface area contributed by atoms with Crippen LogP contribution in [0.25, 0.3) is 0 Å². The Morgan fingerprint density at radius 2 is 2.00 bits per heavy atom. The Bertz CT molecular complexity index is 532. The molecule has 0 unspecified atom stereocenters. The summed E-state index contributed by atoms with van der Waals surface area (Å²) in [5, 5.41) is 3.09. The van der Waals surface area contributed by atoms with Gasteiger partial charge in [-0.15, -0.1) is 0 Å². The van der Waals surface area contributed by atoms with Crippen molar-refractivity contribution in [1.82, 2.24) is 4.90 Å². The fraction of sp³-hybridized carbons (Fsp3) is 0.650. The van der Waals surface area contributed by atoms with E-state index in [-0.39, 0.29) is 5.91 Å². The molecule has 0 aromatic heterocycles. The van der Waals surface area contributed by atoms with Crippen LogP contribution in [0.3, 0.4) is 0 Å². The summed E-state index contributed by atoms with van der Waals surface area (Å²) in [6, 6.07) is 4.23. The Morgan fingerprint density at radius 1 is 1.29 bits per heavy atom.